The number of allylic oxidation sites excluding steroid dienone is 2. The molecule has 0 aromatic carbocycles. The van der Waals surface area contributed by atoms with E-state index in [-0.39, 0.29) is 28.9 Å². The Labute approximate surface area is 59.3 Å². The number of ketones is 1. The van der Waals surface area contributed by atoms with Crippen LogP contribution in [-0.2, 0) is 22.2 Å². The summed E-state index contributed by atoms with van der Waals surface area (Å²) < 4.78 is 0. The van der Waals surface area contributed by atoms with Crippen molar-refractivity contribution < 1.29 is 27.3 Å². The van der Waals surface area contributed by atoms with E-state index in [4.69, 9.17) is 0 Å². The standard InChI is InChI=1S/C5H8O2.Cr/c1-4(6)3-5(2)7;/h3,6H,1-2H3;/p-1/b4-3-;. The van der Waals surface area contributed by atoms with Gasteiger partial charge in [-0.05, 0) is 13.0 Å². The van der Waals surface area contributed by atoms with Gasteiger partial charge in [-0.2, -0.15) is 0 Å². The molecule has 0 saturated heterocycles. The Hall–Kier alpha value is -0.258. The maximum absolute atomic E-state index is 9.98. The van der Waals surface area contributed by atoms with E-state index in [1.54, 1.807) is 0 Å². The maximum Gasteiger partial charge on any atom is 0.151 e. The van der Waals surface area contributed by atoms with Crippen molar-refractivity contribution in [3.05, 3.63) is 11.8 Å². The molecule has 0 bridgehead atoms. The molecule has 0 rings (SSSR count). The number of carbonyl (C=O) groups excluding carboxylic acids is 1. The Balaban J connectivity index is 0. The second-order valence-electron chi connectivity index (χ2n) is 1.37. The van der Waals surface area contributed by atoms with Gasteiger partial charge in [0.2, 0.25) is 0 Å². The van der Waals surface area contributed by atoms with Crippen LogP contribution in [0.25, 0.3) is 0 Å². The number of hydrogen-bond acceptors (Lipinski definition) is 2. The second kappa shape index (κ2) is 4.89. The first-order chi connectivity index (χ1) is 3.13. The molecule has 0 atom stereocenters. The zero-order valence-corrected chi connectivity index (χ0v) is 6.08. The molecule has 0 radical (unpaired) electrons. The van der Waals surface area contributed by atoms with Crippen LogP contribution in [0.4, 0.5) is 0 Å². The summed E-state index contributed by atoms with van der Waals surface area (Å²) in [7, 11) is 0. The smallest absolute Gasteiger partial charge is 0.151 e. The molecule has 0 spiro atoms. The molecule has 0 heterocycles. The van der Waals surface area contributed by atoms with Crippen molar-refractivity contribution in [2.75, 3.05) is 0 Å². The van der Waals surface area contributed by atoms with Gasteiger partial charge in [0.15, 0.2) is 5.78 Å². The fourth-order valence-electron chi connectivity index (χ4n) is 0.286. The predicted octanol–water partition coefficient (Wildman–Crippen LogP) is -0.163. The molecule has 2 nitrogen and oxygen atoms in total. The van der Waals surface area contributed by atoms with Gasteiger partial charge in [-0.25, -0.2) is 0 Å². The van der Waals surface area contributed by atoms with E-state index in [0.717, 1.165) is 6.08 Å². The average molecular weight is 151 g/mol. The number of carbonyl (C=O) groups is 1. The minimum Gasteiger partial charge on any atom is -0.876 e. The van der Waals surface area contributed by atoms with E-state index < -0.39 is 0 Å². The second-order valence-corrected chi connectivity index (χ2v) is 1.37. The van der Waals surface area contributed by atoms with Crippen LogP contribution in [0.3, 0.4) is 0 Å². The molecule has 0 aliphatic rings. The summed E-state index contributed by atoms with van der Waals surface area (Å²) in [6.45, 7) is 2.70. The van der Waals surface area contributed by atoms with Gasteiger partial charge in [0.1, 0.15) is 0 Å². The van der Waals surface area contributed by atoms with Crippen molar-refractivity contribution in [1.82, 2.24) is 0 Å². The molecule has 0 aliphatic heterocycles. The zero-order valence-electron chi connectivity index (χ0n) is 4.80. The first-order valence-electron chi connectivity index (χ1n) is 1.99. The van der Waals surface area contributed by atoms with Crippen LogP contribution >= 0.6 is 0 Å². The fourth-order valence-corrected chi connectivity index (χ4v) is 0.286. The quantitative estimate of drug-likeness (QED) is 0.386. The Bertz CT molecular complexity index is 103. The Kier molecular flexibility index (Phi) is 6.53. The van der Waals surface area contributed by atoms with E-state index in [9.17, 15) is 9.90 Å². The maximum atomic E-state index is 9.98. The molecule has 0 saturated carbocycles. The fraction of sp³-hybridized carbons (Fsp3) is 0.400. The molecular formula is C5H7CrO2-. The summed E-state index contributed by atoms with van der Waals surface area (Å²) in [5.74, 6) is -0.375. The average Bonchev–Trinajstić information content (AvgIpc) is 1.27. The van der Waals surface area contributed by atoms with Crippen LogP contribution in [-0.4, -0.2) is 5.78 Å². The Morgan fingerprint density at radius 3 is 1.88 bits per heavy atom. The summed E-state index contributed by atoms with van der Waals surface area (Å²) >= 11 is 0. The molecule has 0 N–H and O–H groups in total. The third-order valence-electron chi connectivity index (χ3n) is 0.407. The van der Waals surface area contributed by atoms with Gasteiger partial charge >= 0.3 is 0 Å². The van der Waals surface area contributed by atoms with Gasteiger partial charge in [0.25, 0.3) is 0 Å². The van der Waals surface area contributed by atoms with Crippen molar-refractivity contribution in [2.24, 2.45) is 0 Å². The SMILES string of the molecule is CC(=O)/C=C(/C)[O-].[Cr]. The van der Waals surface area contributed by atoms with Crippen LogP contribution in [0.15, 0.2) is 11.8 Å². The van der Waals surface area contributed by atoms with E-state index in [2.05, 4.69) is 0 Å². The van der Waals surface area contributed by atoms with Gasteiger partial charge in [-0.1, -0.05) is 6.92 Å². The van der Waals surface area contributed by atoms with E-state index in [1.807, 2.05) is 0 Å². The number of hydrogen-bond donors (Lipinski definition) is 0. The summed E-state index contributed by atoms with van der Waals surface area (Å²) in [6, 6.07) is 0. The molecule has 0 fully saturated rings. The number of rotatable bonds is 1. The third kappa shape index (κ3) is 9.22. The Morgan fingerprint density at radius 2 is 1.88 bits per heavy atom. The molecule has 3 heteroatoms. The molecule has 0 aromatic heterocycles. The largest absolute Gasteiger partial charge is 0.876 e. The molecular weight excluding hydrogens is 144 g/mol. The molecule has 46 valence electrons. The van der Waals surface area contributed by atoms with Crippen LogP contribution in [0, 0.1) is 0 Å². The summed E-state index contributed by atoms with van der Waals surface area (Å²) in [5.41, 5.74) is 0. The van der Waals surface area contributed by atoms with Gasteiger partial charge in [-0.15, -0.1) is 5.76 Å². The van der Waals surface area contributed by atoms with Crippen molar-refractivity contribution in [3.8, 4) is 0 Å². The third-order valence-corrected chi connectivity index (χ3v) is 0.407. The molecule has 0 aliphatic carbocycles. The van der Waals surface area contributed by atoms with Crippen molar-refractivity contribution in [3.63, 3.8) is 0 Å². The van der Waals surface area contributed by atoms with E-state index in [0.29, 0.717) is 0 Å². The molecule has 0 unspecified atom stereocenters. The summed E-state index contributed by atoms with van der Waals surface area (Å²) in [5, 5.41) is 9.98. The molecule has 0 aromatic rings. The van der Waals surface area contributed by atoms with Crippen LogP contribution < -0.4 is 5.11 Å². The topological polar surface area (TPSA) is 40.1 Å². The van der Waals surface area contributed by atoms with Crippen LogP contribution in [0.5, 0.6) is 0 Å². The first kappa shape index (κ1) is 10.7. The molecule has 8 heavy (non-hydrogen) atoms. The minimum atomic E-state index is -0.187. The zero-order chi connectivity index (χ0) is 5.86. The van der Waals surface area contributed by atoms with Gasteiger partial charge < -0.3 is 5.11 Å². The minimum absolute atomic E-state index is 0. The van der Waals surface area contributed by atoms with Gasteiger partial charge in [0.05, 0.1) is 0 Å². The molecule has 0 amide bonds. The van der Waals surface area contributed by atoms with Crippen molar-refractivity contribution in [2.45, 2.75) is 13.8 Å². The summed E-state index contributed by atoms with van der Waals surface area (Å²) in [6.07, 6.45) is 1.06. The van der Waals surface area contributed by atoms with Gasteiger partial charge in [0, 0.05) is 17.4 Å². The van der Waals surface area contributed by atoms with Crippen molar-refractivity contribution >= 4 is 5.78 Å². The first-order valence-corrected chi connectivity index (χ1v) is 1.99. The summed E-state index contributed by atoms with van der Waals surface area (Å²) in [4.78, 5) is 9.98. The van der Waals surface area contributed by atoms with Crippen molar-refractivity contribution in [1.29, 1.82) is 0 Å². The predicted molar refractivity (Wildman–Crippen MR) is 24.4 cm³/mol. The Morgan fingerprint density at radius 1 is 1.50 bits per heavy atom. The monoisotopic (exact) mass is 151 g/mol. The normalized spacial score (nSPS) is 10.0. The van der Waals surface area contributed by atoms with Crippen LogP contribution in [0.1, 0.15) is 13.8 Å². The van der Waals surface area contributed by atoms with Gasteiger partial charge in [-0.3, -0.25) is 4.79 Å². The van der Waals surface area contributed by atoms with Crippen LogP contribution in [0.2, 0.25) is 0 Å². The van der Waals surface area contributed by atoms with E-state index >= 15 is 0 Å². The van der Waals surface area contributed by atoms with E-state index in [1.165, 1.54) is 13.8 Å².